The van der Waals surface area contributed by atoms with Crippen LogP contribution < -0.4 is 5.32 Å². The molecule has 72 valence electrons. The summed E-state index contributed by atoms with van der Waals surface area (Å²) in [5.74, 6) is 0. The molecular weight excluding hydrogens is 180 g/mol. The zero-order valence-corrected chi connectivity index (χ0v) is 9.03. The third kappa shape index (κ3) is 4.20. The van der Waals surface area contributed by atoms with Crippen LogP contribution in [0.5, 0.6) is 0 Å². The van der Waals surface area contributed by atoms with E-state index in [1.807, 2.05) is 18.6 Å². The van der Waals surface area contributed by atoms with Crippen molar-refractivity contribution in [2.75, 3.05) is 13.6 Å². The Labute approximate surface area is 83.7 Å². The molecule has 0 unspecified atom stereocenters. The van der Waals surface area contributed by atoms with Gasteiger partial charge in [-0.05, 0) is 26.9 Å². The lowest BCUT2D eigenvalue weighted by Crippen LogP contribution is -2.06. The average Bonchev–Trinajstić information content (AvgIpc) is 2.57. The highest BCUT2D eigenvalue weighted by Crippen LogP contribution is 2.10. The van der Waals surface area contributed by atoms with Gasteiger partial charge in [0.1, 0.15) is 0 Å². The van der Waals surface area contributed by atoms with Gasteiger partial charge in [-0.2, -0.15) is 0 Å². The predicted molar refractivity (Wildman–Crippen MR) is 58.1 cm³/mol. The largest absolute Gasteiger partial charge is 0.319 e. The molecule has 0 fully saturated rings. The van der Waals surface area contributed by atoms with E-state index in [9.17, 15) is 0 Å². The molecule has 0 aliphatic rings. The number of hydrogen-bond acceptors (Lipinski definition) is 3. The van der Waals surface area contributed by atoms with Gasteiger partial charge in [0, 0.05) is 18.0 Å². The van der Waals surface area contributed by atoms with Gasteiger partial charge < -0.3 is 5.32 Å². The van der Waals surface area contributed by atoms with Crippen molar-refractivity contribution in [2.45, 2.75) is 19.8 Å². The second-order valence-electron chi connectivity index (χ2n) is 3.05. The molecule has 1 heterocycles. The van der Waals surface area contributed by atoms with Crippen LogP contribution in [0.4, 0.5) is 0 Å². The fourth-order valence-corrected chi connectivity index (χ4v) is 1.83. The van der Waals surface area contributed by atoms with Gasteiger partial charge in [-0.25, -0.2) is 4.98 Å². The van der Waals surface area contributed by atoms with Crippen LogP contribution >= 0.6 is 11.3 Å². The van der Waals surface area contributed by atoms with E-state index in [0.29, 0.717) is 0 Å². The molecule has 1 N–H and O–H groups in total. The van der Waals surface area contributed by atoms with Gasteiger partial charge in [-0.15, -0.1) is 11.3 Å². The van der Waals surface area contributed by atoms with Crippen molar-refractivity contribution in [3.05, 3.63) is 28.2 Å². The van der Waals surface area contributed by atoms with E-state index in [1.165, 1.54) is 10.6 Å². The fourth-order valence-electron chi connectivity index (χ4n) is 1.11. The van der Waals surface area contributed by atoms with Crippen molar-refractivity contribution >= 4 is 11.3 Å². The zero-order valence-electron chi connectivity index (χ0n) is 8.21. The summed E-state index contributed by atoms with van der Waals surface area (Å²) in [7, 11) is 1.98. The summed E-state index contributed by atoms with van der Waals surface area (Å²) in [6, 6.07) is 0. The highest BCUT2D eigenvalue weighted by molar-refractivity contribution is 7.09. The lowest BCUT2D eigenvalue weighted by atomic mass is 10.2. The van der Waals surface area contributed by atoms with Crippen molar-refractivity contribution in [3.63, 3.8) is 0 Å². The van der Waals surface area contributed by atoms with E-state index in [-0.39, 0.29) is 0 Å². The van der Waals surface area contributed by atoms with E-state index in [4.69, 9.17) is 0 Å². The van der Waals surface area contributed by atoms with Gasteiger partial charge in [-0.1, -0.05) is 11.6 Å². The van der Waals surface area contributed by atoms with Crippen molar-refractivity contribution < 1.29 is 0 Å². The Morgan fingerprint density at radius 3 is 3.15 bits per heavy atom. The van der Waals surface area contributed by atoms with Crippen LogP contribution in [0.25, 0.3) is 0 Å². The summed E-state index contributed by atoms with van der Waals surface area (Å²) in [5.41, 5.74) is 1.41. The van der Waals surface area contributed by atoms with Gasteiger partial charge in [-0.3, -0.25) is 0 Å². The first-order chi connectivity index (χ1) is 6.33. The second kappa shape index (κ2) is 5.89. The first-order valence-corrected chi connectivity index (χ1v) is 5.39. The Bertz CT molecular complexity index is 252. The SMILES string of the molecule is CNCCC=C(C)Cc1nccs1. The van der Waals surface area contributed by atoms with E-state index in [0.717, 1.165) is 19.4 Å². The minimum atomic E-state index is 1.00. The summed E-state index contributed by atoms with van der Waals surface area (Å²) in [4.78, 5) is 4.25. The first-order valence-electron chi connectivity index (χ1n) is 4.51. The van der Waals surface area contributed by atoms with E-state index in [1.54, 1.807) is 11.3 Å². The Morgan fingerprint density at radius 2 is 2.54 bits per heavy atom. The standard InChI is InChI=1S/C10H16N2S/c1-9(4-3-5-11-2)8-10-12-6-7-13-10/h4,6-7,11H,3,5,8H2,1-2H3. The van der Waals surface area contributed by atoms with Gasteiger partial charge in [0.15, 0.2) is 0 Å². The number of rotatable bonds is 5. The number of nitrogens with zero attached hydrogens (tertiary/aromatic N) is 1. The molecule has 0 bridgehead atoms. The molecule has 0 aliphatic carbocycles. The van der Waals surface area contributed by atoms with Crippen LogP contribution in [0.1, 0.15) is 18.4 Å². The summed E-state index contributed by atoms with van der Waals surface area (Å²) >= 11 is 1.72. The first kappa shape index (κ1) is 10.4. The minimum Gasteiger partial charge on any atom is -0.319 e. The molecule has 2 nitrogen and oxygen atoms in total. The van der Waals surface area contributed by atoms with Crippen LogP contribution in [0.3, 0.4) is 0 Å². The number of nitrogens with one attached hydrogen (secondary N) is 1. The topological polar surface area (TPSA) is 24.9 Å². The highest BCUT2D eigenvalue weighted by atomic mass is 32.1. The molecule has 0 spiro atoms. The summed E-state index contributed by atoms with van der Waals surface area (Å²) < 4.78 is 0. The maximum atomic E-state index is 4.25. The quantitative estimate of drug-likeness (QED) is 0.577. The predicted octanol–water partition coefficient (Wildman–Crippen LogP) is 2.24. The average molecular weight is 196 g/mol. The van der Waals surface area contributed by atoms with E-state index < -0.39 is 0 Å². The molecule has 13 heavy (non-hydrogen) atoms. The molecule has 0 saturated heterocycles. The summed E-state index contributed by atoms with van der Waals surface area (Å²) in [6.07, 6.45) is 6.24. The summed E-state index contributed by atoms with van der Waals surface area (Å²) in [6.45, 7) is 3.21. The number of allylic oxidation sites excluding steroid dienone is 1. The van der Waals surface area contributed by atoms with Gasteiger partial charge >= 0.3 is 0 Å². The van der Waals surface area contributed by atoms with Crippen LogP contribution in [0.15, 0.2) is 23.2 Å². The normalized spacial score (nSPS) is 12.0. The molecule has 0 amide bonds. The maximum Gasteiger partial charge on any atom is 0.0965 e. The van der Waals surface area contributed by atoms with Crippen molar-refractivity contribution in [1.82, 2.24) is 10.3 Å². The van der Waals surface area contributed by atoms with Crippen LogP contribution in [-0.2, 0) is 6.42 Å². The molecular formula is C10H16N2S. The second-order valence-corrected chi connectivity index (χ2v) is 4.02. The Morgan fingerprint density at radius 1 is 1.69 bits per heavy atom. The Balaban J connectivity index is 2.32. The number of hydrogen-bond donors (Lipinski definition) is 1. The lowest BCUT2D eigenvalue weighted by molar-refractivity contribution is 0.802. The minimum absolute atomic E-state index is 1.00. The van der Waals surface area contributed by atoms with Gasteiger partial charge in [0.05, 0.1) is 5.01 Å². The van der Waals surface area contributed by atoms with Crippen LogP contribution in [0, 0.1) is 0 Å². The van der Waals surface area contributed by atoms with Crippen LogP contribution in [0.2, 0.25) is 0 Å². The van der Waals surface area contributed by atoms with E-state index in [2.05, 4.69) is 23.3 Å². The molecule has 0 aromatic carbocycles. The van der Waals surface area contributed by atoms with Gasteiger partial charge in [0.25, 0.3) is 0 Å². The highest BCUT2D eigenvalue weighted by Gasteiger charge is 1.95. The van der Waals surface area contributed by atoms with Crippen molar-refractivity contribution in [3.8, 4) is 0 Å². The fraction of sp³-hybridized carbons (Fsp3) is 0.500. The monoisotopic (exact) mass is 196 g/mol. The molecule has 0 radical (unpaired) electrons. The summed E-state index contributed by atoms with van der Waals surface area (Å²) in [5, 5.41) is 6.36. The third-order valence-electron chi connectivity index (χ3n) is 1.80. The van der Waals surface area contributed by atoms with Gasteiger partial charge in [0.2, 0.25) is 0 Å². The van der Waals surface area contributed by atoms with E-state index >= 15 is 0 Å². The zero-order chi connectivity index (χ0) is 9.52. The molecule has 0 aliphatic heterocycles. The smallest absolute Gasteiger partial charge is 0.0965 e. The number of aromatic nitrogens is 1. The molecule has 1 aromatic heterocycles. The van der Waals surface area contributed by atoms with Crippen molar-refractivity contribution in [1.29, 1.82) is 0 Å². The number of thiazole rings is 1. The Hall–Kier alpha value is -0.670. The third-order valence-corrected chi connectivity index (χ3v) is 2.58. The maximum absolute atomic E-state index is 4.25. The van der Waals surface area contributed by atoms with Crippen molar-refractivity contribution in [2.24, 2.45) is 0 Å². The lowest BCUT2D eigenvalue weighted by Gasteiger charge is -1.97. The molecule has 1 aromatic rings. The van der Waals surface area contributed by atoms with Crippen LogP contribution in [-0.4, -0.2) is 18.6 Å². The Kier molecular flexibility index (Phi) is 4.72. The molecule has 3 heteroatoms. The molecule has 0 atom stereocenters. The molecule has 0 saturated carbocycles. The molecule has 1 rings (SSSR count).